The van der Waals surface area contributed by atoms with Crippen molar-refractivity contribution in [2.75, 3.05) is 26.7 Å². The van der Waals surface area contributed by atoms with Crippen molar-refractivity contribution >= 4 is 0 Å². The number of benzene rings is 1. The molecule has 2 heterocycles. The van der Waals surface area contributed by atoms with E-state index >= 15 is 0 Å². The number of ether oxygens (including phenoxy) is 1. The molecule has 1 atom stereocenters. The third kappa shape index (κ3) is 3.44. The summed E-state index contributed by atoms with van der Waals surface area (Å²) in [6, 6.07) is 8.33. The quantitative estimate of drug-likeness (QED) is 0.849. The predicted molar refractivity (Wildman–Crippen MR) is 88.8 cm³/mol. The van der Waals surface area contributed by atoms with Gasteiger partial charge in [-0.25, -0.2) is 4.39 Å². The number of rotatable bonds is 4. The van der Waals surface area contributed by atoms with Crippen molar-refractivity contribution in [2.45, 2.75) is 56.3 Å². The minimum Gasteiger partial charge on any atom is -0.373 e. The van der Waals surface area contributed by atoms with Crippen LogP contribution in [0.1, 0.15) is 37.7 Å². The molecule has 1 aliphatic carbocycles. The fourth-order valence-corrected chi connectivity index (χ4v) is 4.18. The minimum absolute atomic E-state index is 0.118. The molecule has 4 heteroatoms. The molecule has 1 aromatic rings. The topological polar surface area (TPSA) is 15.7 Å². The first kappa shape index (κ1) is 15.6. The van der Waals surface area contributed by atoms with E-state index in [0.29, 0.717) is 6.04 Å². The number of likely N-dealkylation sites (tertiary alicyclic amines) is 1. The second kappa shape index (κ2) is 6.15. The Morgan fingerprint density at radius 3 is 2.52 bits per heavy atom. The van der Waals surface area contributed by atoms with Gasteiger partial charge in [-0.1, -0.05) is 12.1 Å². The Hall–Kier alpha value is -0.970. The molecule has 0 aromatic heterocycles. The summed E-state index contributed by atoms with van der Waals surface area (Å²) in [5.74, 6) is -0.156. The molecule has 2 saturated heterocycles. The fourth-order valence-electron chi connectivity index (χ4n) is 4.18. The molecule has 1 spiro atoms. The lowest BCUT2D eigenvalue weighted by molar-refractivity contribution is -0.0452. The molecule has 0 amide bonds. The second-order valence-corrected chi connectivity index (χ2v) is 7.65. The van der Waals surface area contributed by atoms with Gasteiger partial charge < -0.3 is 4.74 Å². The average Bonchev–Trinajstić information content (AvgIpc) is 3.33. The zero-order valence-corrected chi connectivity index (χ0v) is 14.0. The molecule has 3 fully saturated rings. The summed E-state index contributed by atoms with van der Waals surface area (Å²) >= 11 is 0. The molecular formula is C19H27FN2O. The summed E-state index contributed by atoms with van der Waals surface area (Å²) in [5.41, 5.74) is 1.31. The second-order valence-electron chi connectivity index (χ2n) is 7.65. The van der Waals surface area contributed by atoms with Crippen LogP contribution in [0.25, 0.3) is 0 Å². The van der Waals surface area contributed by atoms with Gasteiger partial charge in [0.05, 0.1) is 12.2 Å². The summed E-state index contributed by atoms with van der Waals surface area (Å²) in [7, 11) is 2.27. The highest BCUT2D eigenvalue weighted by molar-refractivity contribution is 5.16. The zero-order chi connectivity index (χ0) is 15.9. The summed E-state index contributed by atoms with van der Waals surface area (Å²) < 4.78 is 19.3. The van der Waals surface area contributed by atoms with Gasteiger partial charge in [-0.15, -0.1) is 0 Å². The van der Waals surface area contributed by atoms with Crippen molar-refractivity contribution in [2.24, 2.45) is 0 Å². The summed E-state index contributed by atoms with van der Waals surface area (Å²) in [6.45, 7) is 3.99. The Labute approximate surface area is 138 Å². The van der Waals surface area contributed by atoms with Crippen molar-refractivity contribution in [3.63, 3.8) is 0 Å². The summed E-state index contributed by atoms with van der Waals surface area (Å²) in [6.07, 6.45) is 6.19. The number of likely N-dealkylation sites (N-methyl/N-ethyl adjacent to an activating group) is 1. The molecule has 2 aliphatic heterocycles. The highest BCUT2D eigenvalue weighted by Crippen LogP contribution is 2.40. The van der Waals surface area contributed by atoms with Crippen LogP contribution in [0.4, 0.5) is 4.39 Å². The SMILES string of the molecule is CN(C1CC1)C1COC2(CCN(Cc3ccc(F)cc3)CC2)C1. The standard InChI is InChI=1S/C19H27FN2O/c1-21(17-6-7-17)18-12-19(23-14-18)8-10-22(11-9-19)13-15-2-4-16(20)5-3-15/h2-5,17-18H,6-14H2,1H3. The molecule has 0 radical (unpaired) electrons. The van der Waals surface area contributed by atoms with Crippen molar-refractivity contribution in [3.8, 4) is 0 Å². The predicted octanol–water partition coefficient (Wildman–Crippen LogP) is 3.04. The summed E-state index contributed by atoms with van der Waals surface area (Å²) in [5, 5.41) is 0. The average molecular weight is 318 g/mol. The third-order valence-corrected chi connectivity index (χ3v) is 5.98. The first-order valence-corrected chi connectivity index (χ1v) is 8.96. The monoisotopic (exact) mass is 318 g/mol. The van der Waals surface area contributed by atoms with Crippen molar-refractivity contribution < 1.29 is 9.13 Å². The van der Waals surface area contributed by atoms with E-state index in [1.807, 2.05) is 12.1 Å². The van der Waals surface area contributed by atoms with E-state index in [9.17, 15) is 4.39 Å². The number of nitrogens with zero attached hydrogens (tertiary/aromatic N) is 2. The maximum absolute atomic E-state index is 13.0. The van der Waals surface area contributed by atoms with E-state index < -0.39 is 0 Å². The lowest BCUT2D eigenvalue weighted by atomic mass is 9.87. The highest BCUT2D eigenvalue weighted by atomic mass is 19.1. The molecule has 1 saturated carbocycles. The normalized spacial score (nSPS) is 27.9. The van der Waals surface area contributed by atoms with Crippen LogP contribution in [0.2, 0.25) is 0 Å². The zero-order valence-electron chi connectivity index (χ0n) is 14.0. The van der Waals surface area contributed by atoms with Gasteiger partial charge in [-0.2, -0.15) is 0 Å². The van der Waals surface area contributed by atoms with Gasteiger partial charge in [0, 0.05) is 31.7 Å². The Kier molecular flexibility index (Phi) is 4.16. The van der Waals surface area contributed by atoms with E-state index in [-0.39, 0.29) is 11.4 Å². The number of halogens is 1. The first-order valence-electron chi connectivity index (χ1n) is 8.96. The van der Waals surface area contributed by atoms with E-state index in [2.05, 4.69) is 16.8 Å². The van der Waals surface area contributed by atoms with E-state index in [4.69, 9.17) is 4.74 Å². The Balaban J connectivity index is 1.29. The number of hydrogen-bond donors (Lipinski definition) is 0. The van der Waals surface area contributed by atoms with E-state index in [0.717, 1.165) is 45.1 Å². The summed E-state index contributed by atoms with van der Waals surface area (Å²) in [4.78, 5) is 5.03. The van der Waals surface area contributed by atoms with Crippen LogP contribution in [-0.2, 0) is 11.3 Å². The maximum Gasteiger partial charge on any atom is 0.123 e. The molecule has 1 unspecified atom stereocenters. The Morgan fingerprint density at radius 1 is 1.17 bits per heavy atom. The number of piperidine rings is 1. The van der Waals surface area contributed by atoms with Crippen molar-refractivity contribution in [1.29, 1.82) is 0 Å². The van der Waals surface area contributed by atoms with Crippen molar-refractivity contribution in [1.82, 2.24) is 9.80 Å². The first-order chi connectivity index (χ1) is 11.1. The van der Waals surface area contributed by atoms with Crippen LogP contribution in [0.5, 0.6) is 0 Å². The highest BCUT2D eigenvalue weighted by Gasteiger charge is 2.45. The van der Waals surface area contributed by atoms with E-state index in [1.165, 1.54) is 24.8 Å². The third-order valence-electron chi connectivity index (χ3n) is 5.98. The van der Waals surface area contributed by atoms with Crippen LogP contribution < -0.4 is 0 Å². The molecule has 126 valence electrons. The van der Waals surface area contributed by atoms with Gasteiger partial charge in [0.25, 0.3) is 0 Å². The van der Waals surface area contributed by atoms with Crippen LogP contribution in [0, 0.1) is 5.82 Å². The van der Waals surface area contributed by atoms with Gasteiger partial charge in [-0.05, 0) is 56.8 Å². The van der Waals surface area contributed by atoms with Crippen LogP contribution >= 0.6 is 0 Å². The molecule has 0 N–H and O–H groups in total. The minimum atomic E-state index is -0.156. The lowest BCUT2D eigenvalue weighted by Crippen LogP contribution is -2.44. The largest absolute Gasteiger partial charge is 0.373 e. The molecular weight excluding hydrogens is 291 g/mol. The van der Waals surface area contributed by atoms with Crippen LogP contribution in [0.15, 0.2) is 24.3 Å². The van der Waals surface area contributed by atoms with Gasteiger partial charge in [0.1, 0.15) is 5.82 Å². The molecule has 4 rings (SSSR count). The van der Waals surface area contributed by atoms with Gasteiger partial charge in [0.2, 0.25) is 0 Å². The van der Waals surface area contributed by atoms with Gasteiger partial charge >= 0.3 is 0 Å². The van der Waals surface area contributed by atoms with Gasteiger partial charge in [-0.3, -0.25) is 9.80 Å². The number of hydrogen-bond acceptors (Lipinski definition) is 3. The van der Waals surface area contributed by atoms with Crippen LogP contribution in [0.3, 0.4) is 0 Å². The van der Waals surface area contributed by atoms with Crippen molar-refractivity contribution in [3.05, 3.63) is 35.6 Å². The van der Waals surface area contributed by atoms with Gasteiger partial charge in [0.15, 0.2) is 0 Å². The fraction of sp³-hybridized carbons (Fsp3) is 0.684. The maximum atomic E-state index is 13.0. The molecule has 23 heavy (non-hydrogen) atoms. The van der Waals surface area contributed by atoms with Crippen LogP contribution in [-0.4, -0.2) is 54.2 Å². The molecule has 0 bridgehead atoms. The molecule has 1 aromatic carbocycles. The Bertz CT molecular complexity index is 535. The lowest BCUT2D eigenvalue weighted by Gasteiger charge is -2.39. The Morgan fingerprint density at radius 2 is 1.87 bits per heavy atom. The van der Waals surface area contributed by atoms with E-state index in [1.54, 1.807) is 12.1 Å². The molecule has 3 aliphatic rings. The molecule has 3 nitrogen and oxygen atoms in total. The smallest absolute Gasteiger partial charge is 0.123 e.